The smallest absolute Gasteiger partial charge is 0.187 e. The van der Waals surface area contributed by atoms with Gasteiger partial charge in [0.1, 0.15) is 0 Å². The minimum atomic E-state index is 0.0277. The first kappa shape index (κ1) is 28.2. The van der Waals surface area contributed by atoms with Crippen molar-refractivity contribution in [2.45, 2.75) is 37.5 Å². The molecule has 4 saturated carbocycles. The molecule has 0 unspecified atom stereocenters. The van der Waals surface area contributed by atoms with Crippen molar-refractivity contribution in [2.24, 2.45) is 23.7 Å². The van der Waals surface area contributed by atoms with Crippen molar-refractivity contribution in [2.75, 3.05) is 0 Å². The van der Waals surface area contributed by atoms with Crippen molar-refractivity contribution in [3.8, 4) is 45.3 Å². The van der Waals surface area contributed by atoms with Crippen LogP contribution in [0.4, 0.5) is 5.69 Å². The predicted molar refractivity (Wildman–Crippen MR) is 201 cm³/mol. The summed E-state index contributed by atoms with van der Waals surface area (Å²) >= 11 is 0. The largest absolute Gasteiger partial charge is 0.238 e. The van der Waals surface area contributed by atoms with Crippen molar-refractivity contribution in [1.82, 2.24) is 15.0 Å². The molecule has 1 spiro atoms. The average Bonchev–Trinajstić information content (AvgIpc) is 3.48. The lowest BCUT2D eigenvalue weighted by Gasteiger charge is -2.61. The molecule has 4 nitrogen and oxygen atoms in total. The Labute approximate surface area is 291 Å². The zero-order valence-electron chi connectivity index (χ0n) is 27.7. The molecule has 4 heteroatoms. The molecule has 0 saturated heterocycles. The number of aromatic nitrogens is 3. The van der Waals surface area contributed by atoms with Gasteiger partial charge in [0.15, 0.2) is 23.2 Å². The molecule has 0 N–H and O–H groups in total. The molecule has 0 aliphatic heterocycles. The van der Waals surface area contributed by atoms with E-state index in [9.17, 15) is 0 Å². The second-order valence-electron chi connectivity index (χ2n) is 15.1. The van der Waals surface area contributed by atoms with E-state index in [1.807, 2.05) is 54.6 Å². The molecule has 50 heavy (non-hydrogen) atoms. The van der Waals surface area contributed by atoms with Crippen LogP contribution in [-0.4, -0.2) is 15.0 Å². The van der Waals surface area contributed by atoms with E-state index < -0.39 is 0 Å². The van der Waals surface area contributed by atoms with Gasteiger partial charge in [0.2, 0.25) is 0 Å². The van der Waals surface area contributed by atoms with Crippen molar-refractivity contribution >= 4 is 27.2 Å². The summed E-state index contributed by atoms with van der Waals surface area (Å²) in [6.45, 7) is 7.60. The maximum absolute atomic E-state index is 7.60. The molecule has 0 radical (unpaired) electrons. The first-order valence-electron chi connectivity index (χ1n) is 18.1. The number of hydrogen-bond donors (Lipinski definition) is 0. The second kappa shape index (κ2) is 10.4. The Kier molecular flexibility index (Phi) is 5.88. The maximum Gasteiger partial charge on any atom is 0.187 e. The van der Waals surface area contributed by atoms with E-state index in [1.165, 1.54) is 64.8 Å². The van der Waals surface area contributed by atoms with Crippen LogP contribution in [-0.2, 0) is 5.41 Å². The third kappa shape index (κ3) is 3.89. The molecule has 12 rings (SSSR count). The normalized spacial score (nSPS) is 24.1. The summed E-state index contributed by atoms with van der Waals surface area (Å²) in [7, 11) is 0. The van der Waals surface area contributed by atoms with Crippen LogP contribution in [0.3, 0.4) is 0 Å². The van der Waals surface area contributed by atoms with Crippen LogP contribution < -0.4 is 0 Å². The van der Waals surface area contributed by atoms with Crippen molar-refractivity contribution in [3.05, 3.63) is 144 Å². The Morgan fingerprint density at radius 2 is 1.16 bits per heavy atom. The SMILES string of the molecule is [C-]#[N+]c1cccc(-c2nc(-c3ccccc3)nc(-c3ccc4ccc5c(c4c3)C3(c4ccc6ccccc6c4-5)C4CC5CC(C4)CC3C5)n2)c1. The first-order valence-corrected chi connectivity index (χ1v) is 18.1. The molecule has 5 aliphatic rings. The zero-order chi connectivity index (χ0) is 33.0. The fraction of sp³-hybridized carbons (Fsp3) is 0.217. The van der Waals surface area contributed by atoms with Gasteiger partial charge in [-0.05, 0) is 112 Å². The third-order valence-electron chi connectivity index (χ3n) is 12.7. The predicted octanol–water partition coefficient (Wildman–Crippen LogP) is 11.5. The summed E-state index contributed by atoms with van der Waals surface area (Å²) in [4.78, 5) is 18.8. The summed E-state index contributed by atoms with van der Waals surface area (Å²) in [5.41, 5.74) is 9.36. The Morgan fingerprint density at radius 1 is 0.540 bits per heavy atom. The lowest BCUT2D eigenvalue weighted by molar-refractivity contribution is -0.0393. The highest BCUT2D eigenvalue weighted by Crippen LogP contribution is 2.70. The second-order valence-corrected chi connectivity index (χ2v) is 15.1. The minimum Gasteiger partial charge on any atom is -0.238 e. The van der Waals surface area contributed by atoms with Crippen LogP contribution in [0.1, 0.15) is 43.2 Å². The van der Waals surface area contributed by atoms with E-state index >= 15 is 0 Å². The fourth-order valence-corrected chi connectivity index (χ4v) is 11.0. The summed E-state index contributed by atoms with van der Waals surface area (Å²) in [6, 6.07) is 43.2. The van der Waals surface area contributed by atoms with Gasteiger partial charge in [-0.25, -0.2) is 19.8 Å². The van der Waals surface area contributed by atoms with Crippen molar-refractivity contribution < 1.29 is 0 Å². The van der Waals surface area contributed by atoms with Crippen LogP contribution in [0.5, 0.6) is 0 Å². The topological polar surface area (TPSA) is 43.0 Å². The summed E-state index contributed by atoms with van der Waals surface area (Å²) in [5.74, 6) is 4.95. The number of hydrogen-bond acceptors (Lipinski definition) is 3. The average molecular weight is 643 g/mol. The van der Waals surface area contributed by atoms with Crippen LogP contribution >= 0.6 is 0 Å². The van der Waals surface area contributed by atoms with Gasteiger partial charge in [-0.15, -0.1) is 0 Å². The van der Waals surface area contributed by atoms with Crippen molar-refractivity contribution in [1.29, 1.82) is 0 Å². The lowest BCUT2D eigenvalue weighted by atomic mass is 9.43. The van der Waals surface area contributed by atoms with Crippen LogP contribution in [0.15, 0.2) is 121 Å². The quantitative estimate of drug-likeness (QED) is 0.180. The van der Waals surface area contributed by atoms with Crippen molar-refractivity contribution in [3.63, 3.8) is 0 Å². The highest BCUT2D eigenvalue weighted by molar-refractivity contribution is 6.07. The Balaban J connectivity index is 1.18. The highest BCUT2D eigenvalue weighted by atomic mass is 15.0. The van der Waals surface area contributed by atoms with Gasteiger partial charge < -0.3 is 0 Å². The molecule has 238 valence electrons. The van der Waals surface area contributed by atoms with E-state index in [0.717, 1.165) is 28.5 Å². The number of benzene rings is 6. The molecule has 1 heterocycles. The molecular weight excluding hydrogens is 609 g/mol. The third-order valence-corrected chi connectivity index (χ3v) is 12.7. The van der Waals surface area contributed by atoms with E-state index in [-0.39, 0.29) is 5.41 Å². The summed E-state index contributed by atoms with van der Waals surface area (Å²) < 4.78 is 0. The number of fused-ring (bicyclic) bond motifs is 7. The Morgan fingerprint density at radius 3 is 1.92 bits per heavy atom. The molecule has 0 atom stereocenters. The van der Waals surface area contributed by atoms with Gasteiger partial charge in [0.05, 0.1) is 6.57 Å². The van der Waals surface area contributed by atoms with Crippen LogP contribution in [0.25, 0.3) is 71.7 Å². The maximum atomic E-state index is 7.60. The monoisotopic (exact) mass is 642 g/mol. The van der Waals surface area contributed by atoms with Gasteiger partial charge in [0.25, 0.3) is 0 Å². The van der Waals surface area contributed by atoms with Gasteiger partial charge in [-0.1, -0.05) is 109 Å². The Hall–Kier alpha value is -5.66. The van der Waals surface area contributed by atoms with Crippen LogP contribution in [0, 0.1) is 30.2 Å². The van der Waals surface area contributed by atoms with Gasteiger partial charge in [-0.2, -0.15) is 0 Å². The summed E-state index contributed by atoms with van der Waals surface area (Å²) in [6.07, 6.45) is 6.81. The molecule has 4 bridgehead atoms. The number of nitrogens with zero attached hydrogens (tertiary/aromatic N) is 4. The fourth-order valence-electron chi connectivity index (χ4n) is 11.0. The van der Waals surface area contributed by atoms with Gasteiger partial charge >= 0.3 is 0 Å². The van der Waals surface area contributed by atoms with Gasteiger partial charge in [-0.3, -0.25) is 0 Å². The standard InChI is InChI=1S/C46H34N4/c1-47-36-12-7-11-32(25-36)44-48-43(31-9-3-2-4-10-31)49-45(50-44)33-15-14-30-16-18-38-41-37-13-6-5-8-29(37)17-19-40(41)46(42(38)39(30)26-33)34-21-27-20-28(23-34)24-35(46)22-27/h2-19,25-28,34-35H,20-24H2. The summed E-state index contributed by atoms with van der Waals surface area (Å²) in [5, 5.41) is 5.31. The molecule has 6 aromatic carbocycles. The molecule has 4 fully saturated rings. The van der Waals surface area contributed by atoms with E-state index in [2.05, 4.69) is 71.6 Å². The molecule has 1 aromatic heterocycles. The minimum absolute atomic E-state index is 0.0277. The molecule has 0 amide bonds. The van der Waals surface area contributed by atoms with E-state index in [0.29, 0.717) is 35.0 Å². The van der Waals surface area contributed by atoms with E-state index in [4.69, 9.17) is 21.5 Å². The van der Waals surface area contributed by atoms with Gasteiger partial charge in [0, 0.05) is 22.1 Å². The lowest BCUT2D eigenvalue weighted by Crippen LogP contribution is -2.55. The number of rotatable bonds is 3. The Bertz CT molecular complexity index is 2550. The zero-order valence-corrected chi connectivity index (χ0v) is 27.7. The molecule has 7 aromatic rings. The first-order chi connectivity index (χ1) is 24.7. The molecular formula is C46H34N4. The highest BCUT2D eigenvalue weighted by Gasteiger charge is 2.62. The van der Waals surface area contributed by atoms with E-state index in [1.54, 1.807) is 11.1 Å². The molecule has 5 aliphatic carbocycles. The van der Waals surface area contributed by atoms with Crippen LogP contribution in [0.2, 0.25) is 0 Å².